The molecule has 108 valence electrons. The Kier molecular flexibility index (Phi) is 12.5. The predicted molar refractivity (Wildman–Crippen MR) is 76.7 cm³/mol. The Balaban J connectivity index is 3.09. The molecule has 0 amide bonds. The zero-order chi connectivity index (χ0) is 13.6. The van der Waals surface area contributed by atoms with Gasteiger partial charge in [0.15, 0.2) is 0 Å². The summed E-state index contributed by atoms with van der Waals surface area (Å²) < 4.78 is 5.03. The predicted octanol–water partition coefficient (Wildman–Crippen LogP) is 3.67. The van der Waals surface area contributed by atoms with Crippen molar-refractivity contribution in [2.45, 2.75) is 78.2 Å². The number of ether oxygens (including phenoxy) is 1. The van der Waals surface area contributed by atoms with E-state index in [2.05, 4.69) is 12.2 Å². The summed E-state index contributed by atoms with van der Waals surface area (Å²) in [7, 11) is 0. The van der Waals surface area contributed by atoms with Gasteiger partial charge in [-0.1, -0.05) is 51.9 Å². The van der Waals surface area contributed by atoms with Gasteiger partial charge in [0.2, 0.25) is 0 Å². The molecule has 0 spiro atoms. The highest BCUT2D eigenvalue weighted by Crippen LogP contribution is 2.07. The van der Waals surface area contributed by atoms with E-state index in [9.17, 15) is 4.79 Å². The van der Waals surface area contributed by atoms with Crippen LogP contribution in [0.15, 0.2) is 0 Å². The normalized spacial score (nSPS) is 10.9. The molecule has 1 N–H and O–H groups in total. The molecule has 0 heterocycles. The number of carbonyl (C=O) groups excluding carboxylic acids is 1. The van der Waals surface area contributed by atoms with E-state index in [0.717, 1.165) is 13.0 Å². The third-order valence-electron chi connectivity index (χ3n) is 2.84. The number of unbranched alkanes of at least 4 members (excludes halogenated alkanes) is 7. The van der Waals surface area contributed by atoms with E-state index in [1.165, 1.54) is 44.9 Å². The van der Waals surface area contributed by atoms with Crippen molar-refractivity contribution in [1.82, 2.24) is 5.32 Å². The fourth-order valence-corrected chi connectivity index (χ4v) is 1.88. The monoisotopic (exact) mass is 257 g/mol. The Bertz CT molecular complexity index is 193. The SMILES string of the molecule is CCCCCCCCCCNCC(=O)OC(C)C. The topological polar surface area (TPSA) is 38.3 Å². The molecule has 0 aliphatic carbocycles. The summed E-state index contributed by atoms with van der Waals surface area (Å²) in [6, 6.07) is 0. The van der Waals surface area contributed by atoms with Gasteiger partial charge in [0.1, 0.15) is 0 Å². The highest BCUT2D eigenvalue weighted by molar-refractivity contribution is 5.71. The first-order valence-corrected chi connectivity index (χ1v) is 7.57. The zero-order valence-electron chi connectivity index (χ0n) is 12.5. The maximum atomic E-state index is 11.2. The van der Waals surface area contributed by atoms with E-state index in [-0.39, 0.29) is 12.1 Å². The molecular weight excluding hydrogens is 226 g/mol. The molecule has 3 heteroatoms. The maximum Gasteiger partial charge on any atom is 0.320 e. The van der Waals surface area contributed by atoms with E-state index in [0.29, 0.717) is 6.54 Å². The van der Waals surface area contributed by atoms with Gasteiger partial charge in [-0.3, -0.25) is 4.79 Å². The molecule has 0 aromatic rings. The van der Waals surface area contributed by atoms with Crippen LogP contribution >= 0.6 is 0 Å². The Labute approximate surface area is 113 Å². The number of rotatable bonds is 12. The molecule has 0 aliphatic rings. The smallest absolute Gasteiger partial charge is 0.320 e. The first kappa shape index (κ1) is 17.4. The van der Waals surface area contributed by atoms with Gasteiger partial charge in [-0.25, -0.2) is 0 Å². The van der Waals surface area contributed by atoms with Crippen LogP contribution in [0.4, 0.5) is 0 Å². The van der Waals surface area contributed by atoms with E-state index in [1.807, 2.05) is 13.8 Å². The number of carbonyl (C=O) groups is 1. The highest BCUT2D eigenvalue weighted by atomic mass is 16.5. The largest absolute Gasteiger partial charge is 0.462 e. The van der Waals surface area contributed by atoms with Crippen molar-refractivity contribution in [3.8, 4) is 0 Å². The van der Waals surface area contributed by atoms with Crippen LogP contribution in [-0.4, -0.2) is 25.2 Å². The second-order valence-electron chi connectivity index (χ2n) is 5.19. The minimum absolute atomic E-state index is 0.0116. The van der Waals surface area contributed by atoms with Crippen LogP contribution in [0.5, 0.6) is 0 Å². The van der Waals surface area contributed by atoms with Crippen molar-refractivity contribution in [2.75, 3.05) is 13.1 Å². The van der Waals surface area contributed by atoms with Crippen molar-refractivity contribution in [1.29, 1.82) is 0 Å². The lowest BCUT2D eigenvalue weighted by molar-refractivity contribution is -0.146. The van der Waals surface area contributed by atoms with Gasteiger partial charge < -0.3 is 10.1 Å². The van der Waals surface area contributed by atoms with Gasteiger partial charge in [-0.15, -0.1) is 0 Å². The Morgan fingerprint density at radius 2 is 1.56 bits per heavy atom. The molecule has 0 aromatic heterocycles. The van der Waals surface area contributed by atoms with E-state index in [1.54, 1.807) is 0 Å². The van der Waals surface area contributed by atoms with Crippen LogP contribution in [0.25, 0.3) is 0 Å². The van der Waals surface area contributed by atoms with Gasteiger partial charge in [0, 0.05) is 0 Å². The van der Waals surface area contributed by atoms with E-state index < -0.39 is 0 Å². The van der Waals surface area contributed by atoms with E-state index >= 15 is 0 Å². The van der Waals surface area contributed by atoms with Crippen LogP contribution in [0.3, 0.4) is 0 Å². The first-order chi connectivity index (χ1) is 8.66. The molecule has 0 aliphatic heterocycles. The number of esters is 1. The lowest BCUT2D eigenvalue weighted by Gasteiger charge is -2.08. The van der Waals surface area contributed by atoms with Crippen LogP contribution in [0.1, 0.15) is 72.1 Å². The summed E-state index contributed by atoms with van der Waals surface area (Å²) in [6.45, 7) is 7.25. The fraction of sp³-hybridized carbons (Fsp3) is 0.933. The number of hydrogen-bond acceptors (Lipinski definition) is 3. The third kappa shape index (κ3) is 13.5. The molecule has 3 nitrogen and oxygen atoms in total. The fourth-order valence-electron chi connectivity index (χ4n) is 1.88. The van der Waals surface area contributed by atoms with Gasteiger partial charge in [0.05, 0.1) is 12.6 Å². The molecule has 0 aromatic carbocycles. The molecule has 0 fully saturated rings. The molecule has 0 radical (unpaired) electrons. The maximum absolute atomic E-state index is 11.2. The standard InChI is InChI=1S/C15H31NO2/c1-4-5-6-7-8-9-10-11-12-16-13-15(17)18-14(2)3/h14,16H,4-13H2,1-3H3. The minimum Gasteiger partial charge on any atom is -0.462 e. The lowest BCUT2D eigenvalue weighted by atomic mass is 10.1. The summed E-state index contributed by atoms with van der Waals surface area (Å²) in [5, 5.41) is 3.13. The Morgan fingerprint density at radius 1 is 1.00 bits per heavy atom. The Morgan fingerprint density at radius 3 is 2.11 bits per heavy atom. The van der Waals surface area contributed by atoms with E-state index in [4.69, 9.17) is 4.74 Å². The molecular formula is C15H31NO2. The van der Waals surface area contributed by atoms with Crippen molar-refractivity contribution in [2.24, 2.45) is 0 Å². The van der Waals surface area contributed by atoms with Crippen LogP contribution in [0, 0.1) is 0 Å². The summed E-state index contributed by atoms with van der Waals surface area (Å²) in [4.78, 5) is 11.2. The Hall–Kier alpha value is -0.570. The summed E-state index contributed by atoms with van der Waals surface area (Å²) in [6.07, 6.45) is 10.5. The van der Waals surface area contributed by atoms with Gasteiger partial charge in [-0.05, 0) is 26.8 Å². The molecule has 0 rings (SSSR count). The average Bonchev–Trinajstić information content (AvgIpc) is 2.30. The minimum atomic E-state index is -0.149. The van der Waals surface area contributed by atoms with Crippen LogP contribution < -0.4 is 5.32 Å². The molecule has 0 saturated heterocycles. The van der Waals surface area contributed by atoms with Gasteiger partial charge in [0.25, 0.3) is 0 Å². The highest BCUT2D eigenvalue weighted by Gasteiger charge is 2.03. The van der Waals surface area contributed by atoms with Crippen molar-refractivity contribution in [3.63, 3.8) is 0 Å². The first-order valence-electron chi connectivity index (χ1n) is 7.57. The van der Waals surface area contributed by atoms with Crippen molar-refractivity contribution >= 4 is 5.97 Å². The summed E-state index contributed by atoms with van der Waals surface area (Å²) in [5.41, 5.74) is 0. The van der Waals surface area contributed by atoms with Gasteiger partial charge in [-0.2, -0.15) is 0 Å². The average molecular weight is 257 g/mol. The molecule has 0 atom stereocenters. The number of hydrogen-bond donors (Lipinski definition) is 1. The molecule has 18 heavy (non-hydrogen) atoms. The van der Waals surface area contributed by atoms with Crippen LogP contribution in [-0.2, 0) is 9.53 Å². The quantitative estimate of drug-likeness (QED) is 0.428. The molecule has 0 bridgehead atoms. The van der Waals surface area contributed by atoms with Gasteiger partial charge >= 0.3 is 5.97 Å². The second kappa shape index (κ2) is 12.9. The summed E-state index contributed by atoms with van der Waals surface area (Å²) >= 11 is 0. The van der Waals surface area contributed by atoms with Crippen LogP contribution in [0.2, 0.25) is 0 Å². The summed E-state index contributed by atoms with van der Waals surface area (Å²) in [5.74, 6) is -0.149. The zero-order valence-corrected chi connectivity index (χ0v) is 12.5. The third-order valence-corrected chi connectivity index (χ3v) is 2.84. The number of nitrogens with one attached hydrogen (secondary N) is 1. The lowest BCUT2D eigenvalue weighted by Crippen LogP contribution is -2.27. The second-order valence-corrected chi connectivity index (χ2v) is 5.19. The van der Waals surface area contributed by atoms with Crippen molar-refractivity contribution in [3.05, 3.63) is 0 Å². The molecule has 0 saturated carbocycles. The van der Waals surface area contributed by atoms with Crippen molar-refractivity contribution < 1.29 is 9.53 Å². The molecule has 0 unspecified atom stereocenters.